The Labute approximate surface area is 110 Å². The first-order chi connectivity index (χ1) is 8.81. The Hall–Kier alpha value is -2.27. The van der Waals surface area contributed by atoms with Crippen LogP contribution in [-0.4, -0.2) is 34.4 Å². The third-order valence-corrected chi connectivity index (χ3v) is 3.21. The molecule has 0 fully saturated rings. The predicted molar refractivity (Wildman–Crippen MR) is 66.5 cm³/mol. The molecule has 98 valence electrons. The molecule has 0 radical (unpaired) electrons. The second kappa shape index (κ2) is 4.44. The van der Waals surface area contributed by atoms with Gasteiger partial charge in [0.05, 0.1) is 5.69 Å². The summed E-state index contributed by atoms with van der Waals surface area (Å²) in [5.74, 6) is 0.262. The highest BCUT2D eigenvalue weighted by molar-refractivity contribution is 7.90. The SMILES string of the molecule is Cc1cc(C)n(-c2cc(C#N)nc(S(C)(=O)=O)n2)n1. The molecule has 0 saturated heterocycles. The highest BCUT2D eigenvalue weighted by Crippen LogP contribution is 2.13. The van der Waals surface area contributed by atoms with Gasteiger partial charge in [-0.15, -0.1) is 0 Å². The Morgan fingerprint density at radius 2 is 1.95 bits per heavy atom. The van der Waals surface area contributed by atoms with Crippen LogP contribution in [0.5, 0.6) is 0 Å². The zero-order valence-corrected chi connectivity index (χ0v) is 11.4. The lowest BCUT2D eigenvalue weighted by Gasteiger charge is -2.05. The smallest absolute Gasteiger partial charge is 0.221 e. The predicted octanol–water partition coefficient (Wildman–Crippen LogP) is 0.554. The fourth-order valence-corrected chi connectivity index (χ4v) is 2.13. The molecule has 8 heteroatoms. The molecule has 0 atom stereocenters. The summed E-state index contributed by atoms with van der Waals surface area (Å²) in [6.07, 6.45) is 0.995. The molecule has 19 heavy (non-hydrogen) atoms. The maximum Gasteiger partial charge on any atom is 0.250 e. The van der Waals surface area contributed by atoms with Gasteiger partial charge in [-0.05, 0) is 19.9 Å². The minimum Gasteiger partial charge on any atom is -0.221 e. The molecule has 0 aromatic carbocycles. The number of sulfone groups is 1. The summed E-state index contributed by atoms with van der Waals surface area (Å²) < 4.78 is 24.5. The van der Waals surface area contributed by atoms with Crippen LogP contribution in [0.1, 0.15) is 17.1 Å². The summed E-state index contributed by atoms with van der Waals surface area (Å²) >= 11 is 0. The average Bonchev–Trinajstić information content (AvgIpc) is 2.66. The summed E-state index contributed by atoms with van der Waals surface area (Å²) in [6, 6.07) is 5.04. The van der Waals surface area contributed by atoms with Gasteiger partial charge in [0.15, 0.2) is 5.82 Å². The Kier molecular flexibility index (Phi) is 3.08. The number of hydrogen-bond acceptors (Lipinski definition) is 6. The van der Waals surface area contributed by atoms with E-state index in [-0.39, 0.29) is 16.7 Å². The van der Waals surface area contributed by atoms with Gasteiger partial charge >= 0.3 is 0 Å². The Morgan fingerprint density at radius 3 is 2.42 bits per heavy atom. The van der Waals surface area contributed by atoms with Crippen LogP contribution in [0.15, 0.2) is 17.3 Å². The van der Waals surface area contributed by atoms with Gasteiger partial charge in [-0.2, -0.15) is 15.3 Å². The summed E-state index contributed by atoms with van der Waals surface area (Å²) in [7, 11) is -3.59. The largest absolute Gasteiger partial charge is 0.250 e. The molecule has 0 N–H and O–H groups in total. The summed E-state index contributed by atoms with van der Waals surface area (Å²) in [5, 5.41) is 12.7. The van der Waals surface area contributed by atoms with Crippen molar-refractivity contribution in [1.29, 1.82) is 5.26 Å². The van der Waals surface area contributed by atoms with E-state index in [1.165, 1.54) is 10.7 Å². The zero-order chi connectivity index (χ0) is 14.2. The van der Waals surface area contributed by atoms with Gasteiger partial charge in [-0.3, -0.25) is 0 Å². The van der Waals surface area contributed by atoms with Crippen molar-refractivity contribution in [2.75, 3.05) is 6.26 Å². The second-order valence-electron chi connectivity index (χ2n) is 4.12. The number of aromatic nitrogens is 4. The van der Waals surface area contributed by atoms with E-state index in [0.29, 0.717) is 0 Å². The van der Waals surface area contributed by atoms with Crippen molar-refractivity contribution in [3.63, 3.8) is 0 Å². The molecular weight excluding hydrogens is 266 g/mol. The molecule has 7 nitrogen and oxygen atoms in total. The number of aryl methyl sites for hydroxylation is 2. The lowest BCUT2D eigenvalue weighted by atomic mass is 10.4. The molecule has 0 amide bonds. The minimum atomic E-state index is -3.59. The van der Waals surface area contributed by atoms with Crippen LogP contribution in [0.3, 0.4) is 0 Å². The van der Waals surface area contributed by atoms with Crippen LogP contribution < -0.4 is 0 Å². The van der Waals surface area contributed by atoms with Crippen molar-refractivity contribution in [1.82, 2.24) is 19.7 Å². The molecule has 2 heterocycles. The lowest BCUT2D eigenvalue weighted by molar-refractivity contribution is 0.591. The fraction of sp³-hybridized carbons (Fsp3) is 0.273. The minimum absolute atomic E-state index is 0.0158. The molecule has 0 aliphatic heterocycles. The van der Waals surface area contributed by atoms with Crippen LogP contribution in [0.4, 0.5) is 0 Å². The van der Waals surface area contributed by atoms with E-state index >= 15 is 0 Å². The summed E-state index contributed by atoms with van der Waals surface area (Å²) in [6.45, 7) is 3.63. The van der Waals surface area contributed by atoms with Crippen molar-refractivity contribution in [3.05, 3.63) is 29.2 Å². The standard InChI is InChI=1S/C11H11N5O2S/c1-7-4-8(2)16(15-7)10-5-9(6-12)13-11(14-10)19(3,17)18/h4-5H,1-3H3. The first-order valence-electron chi connectivity index (χ1n) is 5.34. The van der Waals surface area contributed by atoms with Crippen molar-refractivity contribution in [2.45, 2.75) is 19.0 Å². The highest BCUT2D eigenvalue weighted by atomic mass is 32.2. The molecule has 0 bridgehead atoms. The first kappa shape index (κ1) is 13.2. The number of rotatable bonds is 2. The van der Waals surface area contributed by atoms with E-state index in [0.717, 1.165) is 17.6 Å². The Bertz CT molecular complexity index is 786. The van der Waals surface area contributed by atoms with Crippen LogP contribution in [0.2, 0.25) is 0 Å². The van der Waals surface area contributed by atoms with Gasteiger partial charge in [-0.25, -0.2) is 18.1 Å². The van der Waals surface area contributed by atoms with Gasteiger partial charge in [0.25, 0.3) is 0 Å². The Morgan fingerprint density at radius 1 is 1.26 bits per heavy atom. The van der Waals surface area contributed by atoms with E-state index in [4.69, 9.17) is 5.26 Å². The number of hydrogen-bond donors (Lipinski definition) is 0. The third-order valence-electron chi connectivity index (χ3n) is 2.36. The molecule has 0 spiro atoms. The van der Waals surface area contributed by atoms with E-state index < -0.39 is 9.84 Å². The van der Waals surface area contributed by atoms with Crippen LogP contribution >= 0.6 is 0 Å². The molecule has 0 unspecified atom stereocenters. The first-order valence-corrected chi connectivity index (χ1v) is 7.23. The van der Waals surface area contributed by atoms with E-state index in [1.54, 1.807) is 0 Å². The van der Waals surface area contributed by atoms with Crippen molar-refractivity contribution in [3.8, 4) is 11.9 Å². The maximum absolute atomic E-state index is 11.5. The topological polar surface area (TPSA) is 102 Å². The molecule has 0 aliphatic carbocycles. The molecule has 0 saturated carbocycles. The molecular formula is C11H11N5O2S. The molecule has 2 aromatic heterocycles. The lowest BCUT2D eigenvalue weighted by Crippen LogP contribution is -2.10. The van der Waals surface area contributed by atoms with Crippen LogP contribution in [-0.2, 0) is 9.84 Å². The molecule has 2 aromatic rings. The third kappa shape index (κ3) is 2.61. The van der Waals surface area contributed by atoms with Gasteiger partial charge in [0.1, 0.15) is 11.8 Å². The Balaban J connectivity index is 2.72. The quantitative estimate of drug-likeness (QED) is 0.743. The normalized spacial score (nSPS) is 11.3. The van der Waals surface area contributed by atoms with Crippen LogP contribution in [0, 0.1) is 25.2 Å². The number of nitriles is 1. The fourth-order valence-electron chi connectivity index (χ4n) is 1.61. The monoisotopic (exact) mass is 277 g/mol. The summed E-state index contributed by atoms with van der Waals surface area (Å²) in [4.78, 5) is 7.63. The zero-order valence-electron chi connectivity index (χ0n) is 10.6. The van der Waals surface area contributed by atoms with Gasteiger partial charge in [0, 0.05) is 18.0 Å². The van der Waals surface area contributed by atoms with Crippen molar-refractivity contribution >= 4 is 9.84 Å². The molecule has 0 aliphatic rings. The van der Waals surface area contributed by atoms with Crippen molar-refractivity contribution in [2.24, 2.45) is 0 Å². The molecule has 2 rings (SSSR count). The van der Waals surface area contributed by atoms with Gasteiger partial charge in [-0.1, -0.05) is 0 Å². The highest BCUT2D eigenvalue weighted by Gasteiger charge is 2.16. The van der Waals surface area contributed by atoms with E-state index in [2.05, 4.69) is 15.1 Å². The van der Waals surface area contributed by atoms with Gasteiger partial charge < -0.3 is 0 Å². The average molecular weight is 277 g/mol. The van der Waals surface area contributed by atoms with E-state index in [1.807, 2.05) is 26.0 Å². The van der Waals surface area contributed by atoms with Crippen molar-refractivity contribution < 1.29 is 8.42 Å². The second-order valence-corrected chi connectivity index (χ2v) is 6.03. The van der Waals surface area contributed by atoms with Gasteiger partial charge in [0.2, 0.25) is 15.0 Å². The summed E-state index contributed by atoms with van der Waals surface area (Å²) in [5.41, 5.74) is 1.55. The van der Waals surface area contributed by atoms with E-state index in [9.17, 15) is 8.42 Å². The number of nitrogens with zero attached hydrogens (tertiary/aromatic N) is 5. The van der Waals surface area contributed by atoms with Crippen LogP contribution in [0.25, 0.3) is 5.82 Å². The maximum atomic E-state index is 11.5.